The van der Waals surface area contributed by atoms with Crippen LogP contribution in [0.3, 0.4) is 0 Å². The highest BCUT2D eigenvalue weighted by Crippen LogP contribution is 2.26. The van der Waals surface area contributed by atoms with Crippen LogP contribution in [0.5, 0.6) is 0 Å². The Balaban J connectivity index is 1.53. The highest BCUT2D eigenvalue weighted by atomic mass is 16.3. The molecule has 140 valence electrons. The van der Waals surface area contributed by atoms with Crippen molar-refractivity contribution in [3.05, 3.63) is 23.9 Å². The number of aromatic nitrogens is 1. The molecule has 1 amide bonds. The van der Waals surface area contributed by atoms with Gasteiger partial charge < -0.3 is 14.9 Å². The van der Waals surface area contributed by atoms with Crippen molar-refractivity contribution >= 4 is 12.2 Å². The molecule has 1 aromatic heterocycles. The summed E-state index contributed by atoms with van der Waals surface area (Å²) in [5.41, 5.74) is 0.642. The van der Waals surface area contributed by atoms with E-state index in [1.54, 1.807) is 12.3 Å². The zero-order valence-electron chi connectivity index (χ0n) is 15.3. The molecule has 0 bridgehead atoms. The van der Waals surface area contributed by atoms with Crippen molar-refractivity contribution in [1.29, 1.82) is 5.26 Å². The van der Waals surface area contributed by atoms with Gasteiger partial charge in [0.2, 0.25) is 6.41 Å². The van der Waals surface area contributed by atoms with Gasteiger partial charge in [-0.15, -0.1) is 0 Å². The lowest BCUT2D eigenvalue weighted by atomic mass is 9.91. The second-order valence-corrected chi connectivity index (χ2v) is 7.56. The van der Waals surface area contributed by atoms with E-state index in [9.17, 15) is 9.90 Å². The number of pyridine rings is 1. The molecule has 26 heavy (non-hydrogen) atoms. The zero-order valence-corrected chi connectivity index (χ0v) is 15.3. The first-order valence-corrected chi connectivity index (χ1v) is 9.70. The molecule has 1 unspecified atom stereocenters. The molecule has 2 fully saturated rings. The molecule has 0 spiro atoms. The molecule has 2 heterocycles. The van der Waals surface area contributed by atoms with Gasteiger partial charge in [-0.25, -0.2) is 4.98 Å². The number of hydrogen-bond donors (Lipinski definition) is 1. The Morgan fingerprint density at radius 1 is 1.35 bits per heavy atom. The number of carbonyl (C=O) groups is 1. The van der Waals surface area contributed by atoms with Gasteiger partial charge in [-0.05, 0) is 63.0 Å². The van der Waals surface area contributed by atoms with E-state index in [0.29, 0.717) is 11.5 Å². The van der Waals surface area contributed by atoms with E-state index in [4.69, 9.17) is 5.26 Å². The van der Waals surface area contributed by atoms with Gasteiger partial charge in [0.1, 0.15) is 5.82 Å². The molecule has 1 atom stereocenters. The van der Waals surface area contributed by atoms with Gasteiger partial charge in [0.25, 0.3) is 0 Å². The summed E-state index contributed by atoms with van der Waals surface area (Å²) in [6.45, 7) is 2.68. The van der Waals surface area contributed by atoms with Crippen molar-refractivity contribution in [2.75, 3.05) is 24.5 Å². The van der Waals surface area contributed by atoms with Crippen LogP contribution in [0.1, 0.15) is 50.5 Å². The van der Waals surface area contributed by atoms with E-state index in [-0.39, 0.29) is 12.1 Å². The Bertz CT molecular complexity index is 637. The van der Waals surface area contributed by atoms with Gasteiger partial charge in [-0.1, -0.05) is 0 Å². The lowest BCUT2D eigenvalue weighted by molar-refractivity contribution is -0.121. The van der Waals surface area contributed by atoms with Crippen LogP contribution in [-0.2, 0) is 4.79 Å². The number of nitrogens with zero attached hydrogens (tertiary/aromatic N) is 4. The lowest BCUT2D eigenvalue weighted by Gasteiger charge is -2.37. The van der Waals surface area contributed by atoms with E-state index in [2.05, 4.69) is 16.0 Å². The predicted molar refractivity (Wildman–Crippen MR) is 99.5 cm³/mol. The second-order valence-electron chi connectivity index (χ2n) is 7.56. The van der Waals surface area contributed by atoms with Crippen molar-refractivity contribution in [1.82, 2.24) is 9.88 Å². The summed E-state index contributed by atoms with van der Waals surface area (Å²) in [7, 11) is 0. The van der Waals surface area contributed by atoms with E-state index < -0.39 is 0 Å². The number of anilines is 1. The van der Waals surface area contributed by atoms with Crippen LogP contribution in [-0.4, -0.2) is 53.2 Å². The standard InChI is InChI=1S/C20H28N4O2/c21-13-17-7-9-22-20(12-17)23-10-1-2-16(14-23)8-11-24(15-25)18-3-5-19(26)6-4-18/h7,9,12,15-16,18-19,26H,1-6,8,10-11,14H2. The first-order chi connectivity index (χ1) is 12.7. The van der Waals surface area contributed by atoms with Gasteiger partial charge in [0.15, 0.2) is 0 Å². The molecule has 1 aliphatic heterocycles. The summed E-state index contributed by atoms with van der Waals surface area (Å²) >= 11 is 0. The van der Waals surface area contributed by atoms with Gasteiger partial charge in [0, 0.05) is 31.9 Å². The second kappa shape index (κ2) is 9.00. The molecule has 1 saturated carbocycles. The summed E-state index contributed by atoms with van der Waals surface area (Å²) in [6, 6.07) is 6.04. The van der Waals surface area contributed by atoms with Gasteiger partial charge >= 0.3 is 0 Å². The quantitative estimate of drug-likeness (QED) is 0.791. The van der Waals surface area contributed by atoms with Crippen LogP contribution >= 0.6 is 0 Å². The molecule has 3 rings (SSSR count). The Hall–Kier alpha value is -2.13. The van der Waals surface area contributed by atoms with Crippen molar-refractivity contribution < 1.29 is 9.90 Å². The maximum absolute atomic E-state index is 11.5. The van der Waals surface area contributed by atoms with Gasteiger partial charge in [-0.2, -0.15) is 5.26 Å². The minimum absolute atomic E-state index is 0.191. The number of hydrogen-bond acceptors (Lipinski definition) is 5. The van der Waals surface area contributed by atoms with Crippen molar-refractivity contribution in [2.24, 2.45) is 5.92 Å². The highest BCUT2D eigenvalue weighted by Gasteiger charge is 2.26. The van der Waals surface area contributed by atoms with Crippen LogP contribution in [0.4, 0.5) is 5.82 Å². The third-order valence-corrected chi connectivity index (χ3v) is 5.78. The van der Waals surface area contributed by atoms with Gasteiger partial charge in [-0.3, -0.25) is 4.79 Å². The number of aliphatic hydroxyl groups is 1. The van der Waals surface area contributed by atoms with Crippen LogP contribution in [0.15, 0.2) is 18.3 Å². The molecular formula is C20H28N4O2. The predicted octanol–water partition coefficient (Wildman–Crippen LogP) is 2.32. The first-order valence-electron chi connectivity index (χ1n) is 9.70. The molecule has 2 aliphatic rings. The van der Waals surface area contributed by atoms with E-state index in [0.717, 1.165) is 70.4 Å². The summed E-state index contributed by atoms with van der Waals surface area (Å²) < 4.78 is 0. The average Bonchev–Trinajstić information content (AvgIpc) is 2.70. The molecule has 6 heteroatoms. The van der Waals surface area contributed by atoms with Crippen LogP contribution in [0.2, 0.25) is 0 Å². The minimum Gasteiger partial charge on any atom is -0.393 e. The van der Waals surface area contributed by atoms with Crippen molar-refractivity contribution in [2.45, 2.75) is 57.1 Å². The fraction of sp³-hybridized carbons (Fsp3) is 0.650. The highest BCUT2D eigenvalue weighted by molar-refractivity contribution is 5.48. The number of amides is 1. The summed E-state index contributed by atoms with van der Waals surface area (Å²) in [5.74, 6) is 1.41. The SMILES string of the molecule is N#Cc1ccnc(N2CCCC(CCN(C=O)C3CCC(O)CC3)C2)c1. The largest absolute Gasteiger partial charge is 0.393 e. The monoisotopic (exact) mass is 356 g/mol. The van der Waals surface area contributed by atoms with Gasteiger partial charge in [0.05, 0.1) is 17.7 Å². The van der Waals surface area contributed by atoms with Crippen LogP contribution < -0.4 is 4.90 Å². The molecular weight excluding hydrogens is 328 g/mol. The Labute approximate surface area is 155 Å². The summed E-state index contributed by atoms with van der Waals surface area (Å²) in [5, 5.41) is 18.7. The lowest BCUT2D eigenvalue weighted by Crippen LogP contribution is -2.41. The number of nitriles is 1. The van der Waals surface area contributed by atoms with E-state index in [1.165, 1.54) is 6.42 Å². The smallest absolute Gasteiger partial charge is 0.209 e. The zero-order chi connectivity index (χ0) is 18.4. The third-order valence-electron chi connectivity index (χ3n) is 5.78. The number of aliphatic hydroxyl groups excluding tert-OH is 1. The first kappa shape index (κ1) is 18.7. The molecule has 1 saturated heterocycles. The van der Waals surface area contributed by atoms with E-state index >= 15 is 0 Å². The topological polar surface area (TPSA) is 80.5 Å². The molecule has 1 N–H and O–H groups in total. The normalized spacial score (nSPS) is 26.2. The minimum atomic E-state index is -0.191. The summed E-state index contributed by atoms with van der Waals surface area (Å²) in [6.07, 6.45) is 9.17. The van der Waals surface area contributed by atoms with Crippen LogP contribution in [0.25, 0.3) is 0 Å². The maximum Gasteiger partial charge on any atom is 0.209 e. The summed E-state index contributed by atoms with van der Waals surface area (Å²) in [4.78, 5) is 20.2. The number of piperidine rings is 1. The maximum atomic E-state index is 11.5. The fourth-order valence-electron chi connectivity index (χ4n) is 4.21. The Kier molecular flexibility index (Phi) is 6.45. The number of carbonyl (C=O) groups excluding carboxylic acids is 1. The van der Waals surface area contributed by atoms with Crippen LogP contribution in [0, 0.1) is 17.2 Å². The molecule has 0 radical (unpaired) electrons. The van der Waals surface area contributed by atoms with E-state index in [1.807, 2.05) is 11.0 Å². The molecule has 6 nitrogen and oxygen atoms in total. The molecule has 0 aromatic carbocycles. The Morgan fingerprint density at radius 3 is 2.88 bits per heavy atom. The third kappa shape index (κ3) is 4.73. The molecule has 1 aliphatic carbocycles. The fourth-order valence-corrected chi connectivity index (χ4v) is 4.21. The average molecular weight is 356 g/mol. The van der Waals surface area contributed by atoms with Crippen molar-refractivity contribution in [3.8, 4) is 6.07 Å². The van der Waals surface area contributed by atoms with Crippen molar-refractivity contribution in [3.63, 3.8) is 0 Å². The number of rotatable bonds is 6. The Morgan fingerprint density at radius 2 is 2.15 bits per heavy atom. The molecule has 1 aromatic rings.